The average Bonchev–Trinajstić information content (AvgIpc) is 2.78. The molecule has 1 unspecified atom stereocenters. The molecule has 156 valence electrons. The summed E-state index contributed by atoms with van der Waals surface area (Å²) >= 11 is 0. The number of aliphatic hydroxyl groups is 1. The quantitative estimate of drug-likeness (QED) is 0.505. The van der Waals surface area contributed by atoms with Crippen molar-refractivity contribution in [2.24, 2.45) is 11.8 Å². The fourth-order valence-corrected chi connectivity index (χ4v) is 5.91. The smallest absolute Gasteiger partial charge is 0.131 e. The topological polar surface area (TPSA) is 33.1 Å². The average molecular weight is 421 g/mol. The zero-order valence-electron chi connectivity index (χ0n) is 17.2. The Kier molecular flexibility index (Phi) is 5.97. The number of piperidine rings is 3. The van der Waals surface area contributed by atoms with Crippen molar-refractivity contribution in [1.82, 2.24) is 4.98 Å². The molecule has 0 spiro atoms. The molecule has 3 saturated heterocycles. The summed E-state index contributed by atoms with van der Waals surface area (Å²) in [6, 6.07) is 21.2. The minimum Gasteiger partial charge on any atom is -1.00 e. The van der Waals surface area contributed by atoms with Gasteiger partial charge in [-0.15, -0.1) is 6.58 Å². The number of benzene rings is 2. The molecule has 0 aliphatic carbocycles. The van der Waals surface area contributed by atoms with Crippen LogP contribution >= 0.6 is 0 Å². The van der Waals surface area contributed by atoms with Gasteiger partial charge in [0.05, 0.1) is 18.6 Å². The second kappa shape index (κ2) is 8.50. The van der Waals surface area contributed by atoms with E-state index in [0.29, 0.717) is 11.8 Å². The Morgan fingerprint density at radius 2 is 1.87 bits per heavy atom. The lowest BCUT2D eigenvalue weighted by Gasteiger charge is -2.58. The molecule has 3 fully saturated rings. The van der Waals surface area contributed by atoms with Crippen molar-refractivity contribution in [2.75, 3.05) is 13.1 Å². The van der Waals surface area contributed by atoms with Crippen LogP contribution in [0.25, 0.3) is 10.9 Å². The van der Waals surface area contributed by atoms with E-state index in [-0.39, 0.29) is 18.4 Å². The van der Waals surface area contributed by atoms with Gasteiger partial charge in [0.1, 0.15) is 18.7 Å². The highest BCUT2D eigenvalue weighted by molar-refractivity contribution is 5.82. The maximum absolute atomic E-state index is 11.7. The Morgan fingerprint density at radius 3 is 2.67 bits per heavy atom. The zero-order valence-corrected chi connectivity index (χ0v) is 18.0. The van der Waals surface area contributed by atoms with Gasteiger partial charge in [0.2, 0.25) is 0 Å². The first-order chi connectivity index (χ1) is 14.2. The molecule has 1 N–H and O–H groups in total. The number of rotatable bonds is 5. The third-order valence-corrected chi connectivity index (χ3v) is 7.38. The second-order valence-corrected chi connectivity index (χ2v) is 8.88. The first kappa shape index (κ1) is 21.0. The van der Waals surface area contributed by atoms with Gasteiger partial charge in [-0.1, -0.05) is 54.6 Å². The Hall–Kier alpha value is -2.20. The van der Waals surface area contributed by atoms with Crippen LogP contribution in [0.3, 0.4) is 0 Å². The molecule has 3 nitrogen and oxygen atoms in total. The molecule has 1 aromatic heterocycles. The van der Waals surface area contributed by atoms with Crippen LogP contribution in [0.4, 0.5) is 0 Å². The van der Waals surface area contributed by atoms with E-state index < -0.39 is 6.10 Å². The van der Waals surface area contributed by atoms with Crippen LogP contribution in [-0.2, 0) is 6.54 Å². The molecule has 4 heteroatoms. The molecular formula is C26H29ClN2O. The summed E-state index contributed by atoms with van der Waals surface area (Å²) in [6.07, 6.45) is 5.79. The lowest BCUT2D eigenvalue weighted by molar-refractivity contribution is -0.984. The second-order valence-electron chi connectivity index (χ2n) is 8.88. The highest BCUT2D eigenvalue weighted by Crippen LogP contribution is 2.47. The van der Waals surface area contributed by atoms with E-state index in [0.717, 1.165) is 47.0 Å². The summed E-state index contributed by atoms with van der Waals surface area (Å²) in [5.41, 5.74) is 3.33. The third-order valence-electron chi connectivity index (χ3n) is 7.38. The summed E-state index contributed by atoms with van der Waals surface area (Å²) in [5.74, 6) is 1.18. The summed E-state index contributed by atoms with van der Waals surface area (Å²) in [6.45, 7) is 7.32. The largest absolute Gasteiger partial charge is 1.00 e. The zero-order chi connectivity index (χ0) is 19.8. The van der Waals surface area contributed by atoms with Crippen molar-refractivity contribution in [1.29, 1.82) is 0 Å². The maximum atomic E-state index is 11.7. The highest BCUT2D eigenvalue weighted by atomic mass is 35.5. The SMILES string of the molecule is C=C[C@H]1C[N+]2(Cc3ccccc3)CC[C@H]1C[C@@H]2[C@H](O)c1ccnc2ccccc12.[Cl-]. The van der Waals surface area contributed by atoms with Crippen LogP contribution in [0.15, 0.2) is 79.5 Å². The van der Waals surface area contributed by atoms with Crippen molar-refractivity contribution in [3.8, 4) is 0 Å². The van der Waals surface area contributed by atoms with Crippen LogP contribution < -0.4 is 12.4 Å². The molecule has 3 aromatic rings. The van der Waals surface area contributed by atoms with Crippen LogP contribution in [0.5, 0.6) is 0 Å². The van der Waals surface area contributed by atoms with E-state index in [9.17, 15) is 5.11 Å². The number of pyridine rings is 1. The van der Waals surface area contributed by atoms with Crippen molar-refractivity contribution in [3.05, 3.63) is 90.6 Å². The Morgan fingerprint density at radius 1 is 1.10 bits per heavy atom. The Labute approximate surface area is 185 Å². The van der Waals surface area contributed by atoms with Gasteiger partial charge in [-0.3, -0.25) is 4.98 Å². The molecule has 5 atom stereocenters. The monoisotopic (exact) mass is 420 g/mol. The fraction of sp³-hybridized carbons (Fsp3) is 0.346. The van der Waals surface area contributed by atoms with E-state index in [2.05, 4.69) is 54.0 Å². The lowest BCUT2D eigenvalue weighted by atomic mass is 9.71. The lowest BCUT2D eigenvalue weighted by Crippen LogP contribution is -3.00. The molecule has 0 amide bonds. The first-order valence-electron chi connectivity index (χ1n) is 10.7. The minimum absolute atomic E-state index is 0. The molecule has 2 bridgehead atoms. The van der Waals surface area contributed by atoms with Crippen molar-refractivity contribution in [2.45, 2.75) is 31.5 Å². The van der Waals surface area contributed by atoms with Gasteiger partial charge in [-0.05, 0) is 23.6 Å². The number of hydrogen-bond donors (Lipinski definition) is 1. The molecule has 4 heterocycles. The molecule has 2 aromatic carbocycles. The van der Waals surface area contributed by atoms with Crippen LogP contribution in [0.1, 0.15) is 30.1 Å². The van der Waals surface area contributed by atoms with E-state index in [4.69, 9.17) is 0 Å². The van der Waals surface area contributed by atoms with Gasteiger partial charge in [0, 0.05) is 35.9 Å². The molecule has 3 aliphatic rings. The van der Waals surface area contributed by atoms with Gasteiger partial charge in [0.25, 0.3) is 0 Å². The fourth-order valence-electron chi connectivity index (χ4n) is 5.91. The Balaban J connectivity index is 0.00000218. The van der Waals surface area contributed by atoms with Gasteiger partial charge < -0.3 is 22.0 Å². The number of quaternary nitrogens is 1. The van der Waals surface area contributed by atoms with E-state index in [1.54, 1.807) is 0 Å². The Bertz CT molecular complexity index is 1020. The van der Waals surface area contributed by atoms with E-state index in [1.807, 2.05) is 30.5 Å². The van der Waals surface area contributed by atoms with Crippen LogP contribution in [0.2, 0.25) is 0 Å². The van der Waals surface area contributed by atoms with Gasteiger partial charge in [-0.25, -0.2) is 0 Å². The normalized spacial score (nSPS) is 28.6. The molecule has 0 radical (unpaired) electrons. The standard InChI is InChI=1S/C26H29N2O.ClH/c1-2-20-18-28(17-19-8-4-3-5-9-19)15-13-21(20)16-25(28)26(29)23-12-14-27-24-11-7-6-10-22(23)24;/h2-12,14,20-21,25-26,29H,1,13,15-18H2;1H/q+1;/p-1/t20-,21-,25+,26+,28?;/m0./s1. The first-order valence-corrected chi connectivity index (χ1v) is 10.7. The van der Waals surface area contributed by atoms with Gasteiger partial charge in [-0.2, -0.15) is 0 Å². The molecule has 0 saturated carbocycles. The van der Waals surface area contributed by atoms with Crippen molar-refractivity contribution >= 4 is 10.9 Å². The molecular weight excluding hydrogens is 392 g/mol. The predicted octanol–water partition coefficient (Wildman–Crippen LogP) is 1.88. The van der Waals surface area contributed by atoms with Gasteiger partial charge in [0.15, 0.2) is 0 Å². The summed E-state index contributed by atoms with van der Waals surface area (Å²) in [5, 5.41) is 12.8. The number of aromatic nitrogens is 1. The van der Waals surface area contributed by atoms with Gasteiger partial charge >= 0.3 is 0 Å². The number of fused-ring (bicyclic) bond motifs is 4. The summed E-state index contributed by atoms with van der Waals surface area (Å²) in [7, 11) is 0. The van der Waals surface area contributed by atoms with Crippen LogP contribution in [0, 0.1) is 11.8 Å². The number of para-hydroxylation sites is 1. The van der Waals surface area contributed by atoms with Crippen LogP contribution in [-0.4, -0.2) is 33.7 Å². The maximum Gasteiger partial charge on any atom is 0.131 e. The number of halogens is 1. The summed E-state index contributed by atoms with van der Waals surface area (Å²) < 4.78 is 0.953. The molecule has 6 rings (SSSR count). The number of nitrogens with zero attached hydrogens (tertiary/aromatic N) is 2. The predicted molar refractivity (Wildman–Crippen MR) is 117 cm³/mol. The summed E-state index contributed by atoms with van der Waals surface area (Å²) in [4.78, 5) is 4.50. The number of hydrogen-bond acceptors (Lipinski definition) is 2. The van der Waals surface area contributed by atoms with Crippen molar-refractivity contribution in [3.63, 3.8) is 0 Å². The molecule has 30 heavy (non-hydrogen) atoms. The van der Waals surface area contributed by atoms with E-state index in [1.165, 1.54) is 12.0 Å². The minimum atomic E-state index is -0.486. The third kappa shape index (κ3) is 3.56. The number of aliphatic hydroxyl groups excluding tert-OH is 1. The van der Waals surface area contributed by atoms with Crippen molar-refractivity contribution < 1.29 is 22.0 Å². The van der Waals surface area contributed by atoms with E-state index >= 15 is 0 Å². The highest BCUT2D eigenvalue weighted by Gasteiger charge is 2.53. The molecule has 3 aliphatic heterocycles.